The van der Waals surface area contributed by atoms with E-state index in [0.717, 1.165) is 11.3 Å². The van der Waals surface area contributed by atoms with Gasteiger partial charge in [0, 0.05) is 6.54 Å². The fourth-order valence-electron chi connectivity index (χ4n) is 1.60. The lowest BCUT2D eigenvalue weighted by Crippen LogP contribution is -2.43. The van der Waals surface area contributed by atoms with Crippen molar-refractivity contribution in [2.24, 2.45) is 5.73 Å². The zero-order chi connectivity index (χ0) is 14.7. The maximum atomic E-state index is 6.38. The molecule has 0 fully saturated rings. The highest BCUT2D eigenvalue weighted by Gasteiger charge is 2.39. The monoisotopic (exact) mass is 281 g/mol. The van der Waals surface area contributed by atoms with Crippen LogP contribution in [0.2, 0.25) is 18.1 Å². The molecule has 1 unspecified atom stereocenters. The summed E-state index contributed by atoms with van der Waals surface area (Å²) in [6.07, 6.45) is -0.0354. The molecule has 0 bridgehead atoms. The molecule has 0 aromatic heterocycles. The normalized spacial score (nSPS) is 14.3. The Hall–Kier alpha value is -0.843. The van der Waals surface area contributed by atoms with Gasteiger partial charge in [0.2, 0.25) is 0 Å². The van der Waals surface area contributed by atoms with Gasteiger partial charge in [0.05, 0.1) is 13.2 Å². The molecule has 19 heavy (non-hydrogen) atoms. The Labute approximate surface area is 118 Å². The van der Waals surface area contributed by atoms with Gasteiger partial charge in [-0.1, -0.05) is 32.9 Å². The van der Waals surface area contributed by atoms with Crippen molar-refractivity contribution in [3.05, 3.63) is 29.8 Å². The highest BCUT2D eigenvalue weighted by molar-refractivity contribution is 6.74. The first-order chi connectivity index (χ1) is 8.71. The average molecular weight is 281 g/mol. The molecule has 4 heteroatoms. The fraction of sp³-hybridized carbons (Fsp3) is 0.600. The maximum Gasteiger partial charge on any atom is 0.192 e. The lowest BCUT2D eigenvalue weighted by Gasteiger charge is -2.39. The summed E-state index contributed by atoms with van der Waals surface area (Å²) in [5, 5.41) is 0.187. The number of methoxy groups -OCH3 is 1. The highest BCUT2D eigenvalue weighted by Crippen LogP contribution is 2.39. The van der Waals surface area contributed by atoms with E-state index in [1.54, 1.807) is 7.11 Å². The minimum Gasteiger partial charge on any atom is -0.497 e. The van der Waals surface area contributed by atoms with Crippen molar-refractivity contribution in [1.82, 2.24) is 0 Å². The molecule has 1 atom stereocenters. The summed E-state index contributed by atoms with van der Waals surface area (Å²) in [5.41, 5.74) is 7.01. The van der Waals surface area contributed by atoms with E-state index in [9.17, 15) is 0 Å². The molecule has 0 saturated carbocycles. The van der Waals surface area contributed by atoms with Crippen molar-refractivity contribution in [2.75, 3.05) is 13.7 Å². The number of hydrogen-bond acceptors (Lipinski definition) is 3. The largest absolute Gasteiger partial charge is 0.497 e. The quantitative estimate of drug-likeness (QED) is 0.837. The molecule has 1 aromatic rings. The van der Waals surface area contributed by atoms with E-state index in [2.05, 4.69) is 33.9 Å². The van der Waals surface area contributed by atoms with Crippen LogP contribution in [0.5, 0.6) is 5.75 Å². The lowest BCUT2D eigenvalue weighted by molar-refractivity contribution is 0.191. The smallest absolute Gasteiger partial charge is 0.192 e. The summed E-state index contributed by atoms with van der Waals surface area (Å²) < 4.78 is 11.6. The van der Waals surface area contributed by atoms with Gasteiger partial charge in [-0.05, 0) is 35.8 Å². The highest BCUT2D eigenvalue weighted by atomic mass is 28.4. The van der Waals surface area contributed by atoms with E-state index in [1.165, 1.54) is 0 Å². The van der Waals surface area contributed by atoms with E-state index in [-0.39, 0.29) is 11.1 Å². The number of ether oxygens (including phenoxy) is 1. The molecular formula is C15H27NO2Si. The van der Waals surface area contributed by atoms with Gasteiger partial charge in [-0.3, -0.25) is 0 Å². The minimum absolute atomic E-state index is 0.0354. The third-order valence-electron chi connectivity index (χ3n) is 3.94. The van der Waals surface area contributed by atoms with E-state index in [1.807, 2.05) is 24.3 Å². The second-order valence-corrected chi connectivity index (χ2v) is 11.1. The summed E-state index contributed by atoms with van der Waals surface area (Å²) in [6, 6.07) is 7.97. The van der Waals surface area contributed by atoms with Gasteiger partial charge < -0.3 is 14.9 Å². The molecule has 0 amide bonds. The molecule has 0 aliphatic carbocycles. The van der Waals surface area contributed by atoms with Crippen LogP contribution in [0.15, 0.2) is 24.3 Å². The molecule has 108 valence electrons. The van der Waals surface area contributed by atoms with Gasteiger partial charge in [-0.25, -0.2) is 0 Å². The maximum absolute atomic E-state index is 6.38. The molecule has 1 aromatic carbocycles. The summed E-state index contributed by atoms with van der Waals surface area (Å²) >= 11 is 0. The Kier molecular flexibility index (Phi) is 5.18. The van der Waals surface area contributed by atoms with Gasteiger partial charge in [0.25, 0.3) is 0 Å². The molecule has 0 aliphatic rings. The van der Waals surface area contributed by atoms with Crippen LogP contribution in [-0.2, 0) is 4.43 Å². The molecule has 0 saturated heterocycles. The minimum atomic E-state index is -1.80. The van der Waals surface area contributed by atoms with Crippen LogP contribution in [0.3, 0.4) is 0 Å². The van der Waals surface area contributed by atoms with Crippen molar-refractivity contribution in [1.29, 1.82) is 0 Å². The predicted octanol–water partition coefficient (Wildman–Crippen LogP) is 3.72. The first-order valence-electron chi connectivity index (χ1n) is 6.73. The number of benzene rings is 1. The summed E-state index contributed by atoms with van der Waals surface area (Å²) in [5.74, 6) is 0.854. The zero-order valence-corrected chi connectivity index (χ0v) is 14.0. The molecule has 0 aliphatic heterocycles. The number of hydrogen-bond donors (Lipinski definition) is 1. The number of nitrogens with two attached hydrogens (primary N) is 1. The first-order valence-corrected chi connectivity index (χ1v) is 9.64. The van der Waals surface area contributed by atoms with Crippen molar-refractivity contribution in [3.8, 4) is 5.75 Å². The Morgan fingerprint density at radius 3 is 2.05 bits per heavy atom. The van der Waals surface area contributed by atoms with Crippen molar-refractivity contribution < 1.29 is 9.16 Å². The Balaban J connectivity index is 2.89. The predicted molar refractivity (Wildman–Crippen MR) is 83.1 cm³/mol. The second-order valence-electron chi connectivity index (χ2n) is 6.38. The van der Waals surface area contributed by atoms with E-state index in [4.69, 9.17) is 14.9 Å². The van der Waals surface area contributed by atoms with Crippen LogP contribution in [0.1, 0.15) is 32.4 Å². The van der Waals surface area contributed by atoms with Gasteiger partial charge in [0.1, 0.15) is 5.75 Å². The molecule has 0 heterocycles. The van der Waals surface area contributed by atoms with Crippen molar-refractivity contribution >= 4 is 8.32 Å². The Morgan fingerprint density at radius 1 is 1.16 bits per heavy atom. The van der Waals surface area contributed by atoms with Crippen LogP contribution in [0.4, 0.5) is 0 Å². The summed E-state index contributed by atoms with van der Waals surface area (Å²) in [7, 11) is -0.137. The van der Waals surface area contributed by atoms with Gasteiger partial charge in [-0.15, -0.1) is 0 Å². The molecular weight excluding hydrogens is 254 g/mol. The van der Waals surface area contributed by atoms with Crippen molar-refractivity contribution in [3.63, 3.8) is 0 Å². The third-order valence-corrected chi connectivity index (χ3v) is 8.43. The average Bonchev–Trinajstić information content (AvgIpc) is 2.35. The SMILES string of the molecule is COc1ccc(C(CN)O[Si](C)(C)C(C)(C)C)cc1. The molecule has 1 rings (SSSR count). The van der Waals surface area contributed by atoms with Gasteiger partial charge in [0.15, 0.2) is 8.32 Å². The number of rotatable bonds is 5. The third kappa shape index (κ3) is 4.06. The van der Waals surface area contributed by atoms with Crippen LogP contribution >= 0.6 is 0 Å². The van der Waals surface area contributed by atoms with E-state index >= 15 is 0 Å². The molecule has 0 spiro atoms. The Morgan fingerprint density at radius 2 is 1.68 bits per heavy atom. The summed E-state index contributed by atoms with van der Waals surface area (Å²) in [4.78, 5) is 0. The molecule has 3 nitrogen and oxygen atoms in total. The Bertz CT molecular complexity index is 396. The second kappa shape index (κ2) is 6.07. The van der Waals surface area contributed by atoms with E-state index in [0.29, 0.717) is 6.54 Å². The van der Waals surface area contributed by atoms with Crippen LogP contribution in [0.25, 0.3) is 0 Å². The molecule has 0 radical (unpaired) electrons. The summed E-state index contributed by atoms with van der Waals surface area (Å²) in [6.45, 7) is 11.7. The van der Waals surface area contributed by atoms with Crippen LogP contribution < -0.4 is 10.5 Å². The first kappa shape index (κ1) is 16.2. The van der Waals surface area contributed by atoms with Crippen molar-refractivity contribution in [2.45, 2.75) is 45.0 Å². The standard InChI is InChI=1S/C15H27NO2Si/c1-15(2,3)19(5,6)18-14(11-16)12-7-9-13(17-4)10-8-12/h7-10,14H,11,16H2,1-6H3. The van der Waals surface area contributed by atoms with E-state index < -0.39 is 8.32 Å². The van der Waals surface area contributed by atoms with Crippen LogP contribution in [0, 0.1) is 0 Å². The molecule has 2 N–H and O–H groups in total. The lowest BCUT2D eigenvalue weighted by atomic mass is 10.1. The van der Waals surface area contributed by atoms with Gasteiger partial charge in [-0.2, -0.15) is 0 Å². The fourth-order valence-corrected chi connectivity index (χ4v) is 2.90. The zero-order valence-electron chi connectivity index (χ0n) is 13.0. The van der Waals surface area contributed by atoms with Crippen LogP contribution in [-0.4, -0.2) is 22.0 Å². The van der Waals surface area contributed by atoms with Gasteiger partial charge >= 0.3 is 0 Å². The topological polar surface area (TPSA) is 44.5 Å².